The van der Waals surface area contributed by atoms with Crippen molar-refractivity contribution in [3.8, 4) is 11.5 Å². The molecule has 0 fully saturated rings. The quantitative estimate of drug-likeness (QED) is 0.120. The first-order chi connectivity index (χ1) is 20.6. The molecule has 4 nitrogen and oxygen atoms in total. The third-order valence-electron chi connectivity index (χ3n) is 7.77. The Bertz CT molecular complexity index is 1460. The van der Waals surface area contributed by atoms with Gasteiger partial charge in [-0.15, -0.1) is 0 Å². The molecule has 218 valence electrons. The number of rotatable bonds is 13. The maximum Gasteiger partial charge on any atom is 0.126 e. The van der Waals surface area contributed by atoms with Crippen molar-refractivity contribution < 1.29 is 9.47 Å². The molecular formula is C38H44N2O2. The lowest BCUT2D eigenvalue weighted by Gasteiger charge is -2.26. The predicted octanol–water partition coefficient (Wildman–Crippen LogP) is 9.07. The van der Waals surface area contributed by atoms with Crippen LogP contribution in [0.25, 0.3) is 17.2 Å². The maximum atomic E-state index is 5.89. The summed E-state index contributed by atoms with van der Waals surface area (Å²) in [6, 6.07) is 33.8. The van der Waals surface area contributed by atoms with E-state index in [1.165, 1.54) is 22.5 Å². The average Bonchev–Trinajstić information content (AvgIpc) is 3.05. The van der Waals surface area contributed by atoms with Gasteiger partial charge in [0, 0.05) is 54.2 Å². The van der Waals surface area contributed by atoms with E-state index in [9.17, 15) is 0 Å². The molecule has 4 rings (SSSR count). The number of benzene rings is 4. The first-order valence-electron chi connectivity index (χ1n) is 15.0. The SMILES string of the molecule is CCN(CC)c1ccccc1C=C(C=C(c1ccccc1OC)c1ccccc1OC)c1ccccc1N(CC)CC. The maximum absolute atomic E-state index is 5.89. The van der Waals surface area contributed by atoms with Gasteiger partial charge < -0.3 is 19.3 Å². The summed E-state index contributed by atoms with van der Waals surface area (Å²) in [6.07, 6.45) is 4.64. The van der Waals surface area contributed by atoms with E-state index in [2.05, 4.69) is 122 Å². The van der Waals surface area contributed by atoms with Gasteiger partial charge in [-0.25, -0.2) is 0 Å². The summed E-state index contributed by atoms with van der Waals surface area (Å²) in [5, 5.41) is 0. The molecule has 0 spiro atoms. The lowest BCUT2D eigenvalue weighted by atomic mass is 9.90. The molecule has 0 heterocycles. The Morgan fingerprint density at radius 1 is 0.548 bits per heavy atom. The van der Waals surface area contributed by atoms with Crippen LogP contribution in [0.2, 0.25) is 0 Å². The summed E-state index contributed by atoms with van der Waals surface area (Å²) in [7, 11) is 3.46. The summed E-state index contributed by atoms with van der Waals surface area (Å²) in [6.45, 7) is 12.6. The van der Waals surface area contributed by atoms with E-state index in [0.29, 0.717) is 0 Å². The molecule has 0 N–H and O–H groups in total. The fourth-order valence-electron chi connectivity index (χ4n) is 5.57. The summed E-state index contributed by atoms with van der Waals surface area (Å²) < 4.78 is 11.8. The molecule has 4 heteroatoms. The van der Waals surface area contributed by atoms with Crippen molar-refractivity contribution in [3.63, 3.8) is 0 Å². The van der Waals surface area contributed by atoms with E-state index < -0.39 is 0 Å². The van der Waals surface area contributed by atoms with E-state index in [4.69, 9.17) is 9.47 Å². The fraction of sp³-hybridized carbons (Fsp3) is 0.263. The second-order valence-electron chi connectivity index (χ2n) is 9.98. The fourth-order valence-corrected chi connectivity index (χ4v) is 5.57. The number of anilines is 2. The van der Waals surface area contributed by atoms with Crippen molar-refractivity contribution in [2.24, 2.45) is 0 Å². The van der Waals surface area contributed by atoms with Gasteiger partial charge in [0.1, 0.15) is 11.5 Å². The number of nitrogens with zero attached hydrogens (tertiary/aromatic N) is 2. The predicted molar refractivity (Wildman–Crippen MR) is 181 cm³/mol. The molecule has 0 bridgehead atoms. The minimum Gasteiger partial charge on any atom is -0.496 e. The minimum absolute atomic E-state index is 0.814. The summed E-state index contributed by atoms with van der Waals surface area (Å²) in [5.74, 6) is 1.63. The third-order valence-corrected chi connectivity index (χ3v) is 7.77. The van der Waals surface area contributed by atoms with E-state index in [0.717, 1.165) is 60.0 Å². The second kappa shape index (κ2) is 15.0. The zero-order chi connectivity index (χ0) is 29.9. The van der Waals surface area contributed by atoms with Crippen LogP contribution in [0.1, 0.15) is 49.9 Å². The highest BCUT2D eigenvalue weighted by molar-refractivity contribution is 6.01. The van der Waals surface area contributed by atoms with Crippen LogP contribution in [0.15, 0.2) is 103 Å². The molecule has 0 amide bonds. The Balaban J connectivity index is 2.11. The van der Waals surface area contributed by atoms with Gasteiger partial charge in [-0.3, -0.25) is 0 Å². The van der Waals surface area contributed by atoms with Crippen molar-refractivity contribution in [1.82, 2.24) is 0 Å². The molecule has 0 aliphatic heterocycles. The summed E-state index contributed by atoms with van der Waals surface area (Å²) >= 11 is 0. The number of allylic oxidation sites excluding steroid dienone is 2. The smallest absolute Gasteiger partial charge is 0.126 e. The number of ether oxygens (including phenoxy) is 2. The first kappa shape index (κ1) is 30.5. The molecule has 0 aliphatic rings. The molecule has 4 aromatic rings. The number of methoxy groups -OCH3 is 2. The van der Waals surface area contributed by atoms with Crippen molar-refractivity contribution in [3.05, 3.63) is 125 Å². The van der Waals surface area contributed by atoms with Crippen LogP contribution in [0.4, 0.5) is 11.4 Å². The molecule has 0 unspecified atom stereocenters. The number of para-hydroxylation sites is 4. The van der Waals surface area contributed by atoms with Gasteiger partial charge in [-0.05, 0) is 80.8 Å². The molecule has 0 saturated carbocycles. The van der Waals surface area contributed by atoms with Gasteiger partial charge in [-0.2, -0.15) is 0 Å². The largest absolute Gasteiger partial charge is 0.496 e. The normalized spacial score (nSPS) is 11.1. The van der Waals surface area contributed by atoms with Gasteiger partial charge in [0.2, 0.25) is 0 Å². The summed E-state index contributed by atoms with van der Waals surface area (Å²) in [5.41, 5.74) is 8.96. The van der Waals surface area contributed by atoms with Crippen LogP contribution in [0, 0.1) is 0 Å². The Kier molecular flexibility index (Phi) is 10.9. The zero-order valence-corrected chi connectivity index (χ0v) is 25.9. The minimum atomic E-state index is 0.814. The lowest BCUT2D eigenvalue weighted by Crippen LogP contribution is -2.23. The van der Waals surface area contributed by atoms with Gasteiger partial charge in [0.25, 0.3) is 0 Å². The Hall–Kier alpha value is -4.44. The summed E-state index contributed by atoms with van der Waals surface area (Å²) in [4.78, 5) is 4.82. The van der Waals surface area contributed by atoms with Crippen molar-refractivity contribution in [1.29, 1.82) is 0 Å². The zero-order valence-electron chi connectivity index (χ0n) is 25.9. The van der Waals surface area contributed by atoms with Gasteiger partial charge in [0.05, 0.1) is 14.2 Å². The van der Waals surface area contributed by atoms with Crippen LogP contribution < -0.4 is 19.3 Å². The first-order valence-corrected chi connectivity index (χ1v) is 15.0. The van der Waals surface area contributed by atoms with Crippen LogP contribution in [-0.4, -0.2) is 40.4 Å². The average molecular weight is 561 g/mol. The molecule has 0 atom stereocenters. The number of hydrogen-bond donors (Lipinski definition) is 0. The Morgan fingerprint density at radius 3 is 1.50 bits per heavy atom. The van der Waals surface area contributed by atoms with E-state index >= 15 is 0 Å². The highest BCUT2D eigenvalue weighted by atomic mass is 16.5. The van der Waals surface area contributed by atoms with Crippen LogP contribution in [0.3, 0.4) is 0 Å². The van der Waals surface area contributed by atoms with Crippen LogP contribution in [0.5, 0.6) is 11.5 Å². The molecule has 4 aromatic carbocycles. The van der Waals surface area contributed by atoms with E-state index in [-0.39, 0.29) is 0 Å². The Labute approximate surface area is 252 Å². The van der Waals surface area contributed by atoms with Crippen molar-refractivity contribution >= 4 is 28.6 Å². The van der Waals surface area contributed by atoms with Gasteiger partial charge in [-0.1, -0.05) is 72.8 Å². The molecule has 0 aromatic heterocycles. The van der Waals surface area contributed by atoms with Crippen LogP contribution >= 0.6 is 0 Å². The topological polar surface area (TPSA) is 24.9 Å². The highest BCUT2D eigenvalue weighted by Crippen LogP contribution is 2.40. The van der Waals surface area contributed by atoms with Crippen LogP contribution in [-0.2, 0) is 0 Å². The molecule has 0 aliphatic carbocycles. The van der Waals surface area contributed by atoms with E-state index in [1.54, 1.807) is 14.2 Å². The van der Waals surface area contributed by atoms with Gasteiger partial charge >= 0.3 is 0 Å². The molecule has 0 saturated heterocycles. The molecule has 42 heavy (non-hydrogen) atoms. The molecule has 0 radical (unpaired) electrons. The Morgan fingerprint density at radius 2 is 0.976 bits per heavy atom. The monoisotopic (exact) mass is 560 g/mol. The second-order valence-corrected chi connectivity index (χ2v) is 9.98. The highest BCUT2D eigenvalue weighted by Gasteiger charge is 2.18. The standard InChI is InChI=1S/C38H44N2O2/c1-7-39(8-2)35-23-15-11-19-29(35)27-30(31-20-12-16-24-36(31)40(9-3)10-4)28-34(32-21-13-17-25-37(32)41-5)33-22-14-18-26-38(33)42-6/h11-28H,7-10H2,1-6H3. The van der Waals surface area contributed by atoms with E-state index in [1.807, 2.05) is 24.3 Å². The third kappa shape index (κ3) is 6.71. The number of hydrogen-bond acceptors (Lipinski definition) is 4. The van der Waals surface area contributed by atoms with Crippen molar-refractivity contribution in [2.75, 3.05) is 50.2 Å². The lowest BCUT2D eigenvalue weighted by molar-refractivity contribution is 0.411. The van der Waals surface area contributed by atoms with Crippen molar-refractivity contribution in [2.45, 2.75) is 27.7 Å². The molecular weight excluding hydrogens is 516 g/mol. The van der Waals surface area contributed by atoms with Gasteiger partial charge in [0.15, 0.2) is 0 Å².